The predicted octanol–water partition coefficient (Wildman–Crippen LogP) is 1.05. The molecule has 74 valence electrons. The zero-order valence-corrected chi connectivity index (χ0v) is 8.50. The molecule has 1 saturated heterocycles. The Morgan fingerprint density at radius 1 is 1.57 bits per heavy atom. The molecule has 1 rings (SSSR count). The lowest BCUT2D eigenvalue weighted by molar-refractivity contribution is -0.138. The van der Waals surface area contributed by atoms with Crippen LogP contribution in [-0.4, -0.2) is 16.7 Å². The first-order valence-corrected chi connectivity index (χ1v) is 4.31. The molecule has 0 bridgehead atoms. The highest BCUT2D eigenvalue weighted by Crippen LogP contribution is 2.38. The van der Waals surface area contributed by atoms with Gasteiger partial charge in [0, 0.05) is 0 Å². The van der Waals surface area contributed by atoms with E-state index < -0.39 is 11.3 Å². The zero-order valence-electron chi connectivity index (χ0n) is 8.50. The maximum Gasteiger partial charge on any atom is 0.240 e. The van der Waals surface area contributed by atoms with E-state index >= 15 is 0 Å². The van der Waals surface area contributed by atoms with Crippen molar-refractivity contribution >= 4 is 11.8 Å². The van der Waals surface area contributed by atoms with Crippen LogP contribution < -0.4 is 0 Å². The molecule has 1 aliphatic heterocycles. The van der Waals surface area contributed by atoms with Gasteiger partial charge in [0.05, 0.1) is 11.3 Å². The van der Waals surface area contributed by atoms with Crippen LogP contribution >= 0.6 is 0 Å². The summed E-state index contributed by atoms with van der Waals surface area (Å²) in [5.41, 5.74) is -0.839. The van der Waals surface area contributed by atoms with Gasteiger partial charge < -0.3 is 0 Å². The van der Waals surface area contributed by atoms with E-state index in [1.165, 1.54) is 0 Å². The molecule has 4 nitrogen and oxygen atoms in total. The molecular weight excluding hydrogens is 180 g/mol. The third-order valence-electron chi connectivity index (χ3n) is 2.83. The summed E-state index contributed by atoms with van der Waals surface area (Å²) in [5, 5.41) is 8.59. The Balaban J connectivity index is 3.16. The maximum atomic E-state index is 11.7. The summed E-state index contributed by atoms with van der Waals surface area (Å²) in [6.45, 7) is 8.46. The summed E-state index contributed by atoms with van der Waals surface area (Å²) in [6.07, 6.45) is 0. The van der Waals surface area contributed by atoms with Gasteiger partial charge in [0.15, 0.2) is 0 Å². The molecule has 0 saturated carbocycles. The predicted molar refractivity (Wildman–Crippen MR) is 49.6 cm³/mol. The lowest BCUT2D eigenvalue weighted by Gasteiger charge is -2.17. The fourth-order valence-electron chi connectivity index (χ4n) is 1.38. The molecule has 0 spiro atoms. The number of likely N-dealkylation sites (tertiary alicyclic amines) is 1. The van der Waals surface area contributed by atoms with Crippen molar-refractivity contribution in [2.24, 2.45) is 11.3 Å². The van der Waals surface area contributed by atoms with Gasteiger partial charge in [0.2, 0.25) is 11.8 Å². The average molecular weight is 192 g/mol. The Hall–Kier alpha value is -1.63. The second-order valence-electron chi connectivity index (χ2n) is 3.98. The molecule has 1 unspecified atom stereocenters. The quantitative estimate of drug-likeness (QED) is 0.461. The Morgan fingerprint density at radius 3 is 2.36 bits per heavy atom. The van der Waals surface area contributed by atoms with Crippen LogP contribution in [-0.2, 0) is 9.59 Å². The van der Waals surface area contributed by atoms with Gasteiger partial charge in [-0.25, -0.2) is 4.90 Å². The van der Waals surface area contributed by atoms with Crippen LogP contribution in [0.25, 0.3) is 0 Å². The number of nitrogens with zero attached hydrogens (tertiary/aromatic N) is 2. The number of hydrogen-bond donors (Lipinski definition) is 0. The molecule has 0 N–H and O–H groups in total. The van der Waals surface area contributed by atoms with Crippen molar-refractivity contribution in [3.05, 3.63) is 12.3 Å². The summed E-state index contributed by atoms with van der Waals surface area (Å²) in [6, 6.07) is 1.72. The molecule has 0 aromatic carbocycles. The monoisotopic (exact) mass is 192 g/mol. The molecular formula is C10H12N2O2. The van der Waals surface area contributed by atoms with Gasteiger partial charge >= 0.3 is 0 Å². The summed E-state index contributed by atoms with van der Waals surface area (Å²) in [5.74, 6) is -1.09. The normalized spacial score (nSPS) is 25.0. The van der Waals surface area contributed by atoms with E-state index in [0.717, 1.165) is 4.90 Å². The van der Waals surface area contributed by atoms with Crippen LogP contribution in [0.15, 0.2) is 12.3 Å². The first kappa shape index (κ1) is 10.5. The van der Waals surface area contributed by atoms with Crippen molar-refractivity contribution in [1.82, 2.24) is 4.90 Å². The van der Waals surface area contributed by atoms with E-state index in [9.17, 15) is 9.59 Å². The number of rotatable bonds is 1. The van der Waals surface area contributed by atoms with Crippen LogP contribution in [0.1, 0.15) is 20.8 Å². The van der Waals surface area contributed by atoms with Crippen LogP contribution in [0.3, 0.4) is 0 Å². The van der Waals surface area contributed by atoms with Gasteiger partial charge in [-0.2, -0.15) is 5.26 Å². The van der Waals surface area contributed by atoms with E-state index in [1.54, 1.807) is 26.8 Å². The molecule has 14 heavy (non-hydrogen) atoms. The number of amides is 2. The average Bonchev–Trinajstić information content (AvgIpc) is 2.28. The molecule has 0 aromatic rings. The van der Waals surface area contributed by atoms with E-state index in [1.807, 2.05) is 0 Å². The van der Waals surface area contributed by atoms with E-state index in [4.69, 9.17) is 5.26 Å². The fourth-order valence-corrected chi connectivity index (χ4v) is 1.38. The van der Waals surface area contributed by atoms with E-state index in [-0.39, 0.29) is 17.5 Å². The van der Waals surface area contributed by atoms with Crippen LogP contribution in [0.4, 0.5) is 0 Å². The molecule has 1 aliphatic rings. The van der Waals surface area contributed by atoms with Gasteiger partial charge in [-0.05, 0) is 0 Å². The van der Waals surface area contributed by atoms with Crippen molar-refractivity contribution in [1.29, 1.82) is 5.26 Å². The van der Waals surface area contributed by atoms with Gasteiger partial charge in [0.1, 0.15) is 11.8 Å². The van der Waals surface area contributed by atoms with Crippen molar-refractivity contribution in [3.63, 3.8) is 0 Å². The van der Waals surface area contributed by atoms with Gasteiger partial charge in [-0.3, -0.25) is 9.59 Å². The summed E-state index contributed by atoms with van der Waals surface area (Å²) < 4.78 is 0. The standard InChI is InChI=1S/C10H12N2O2/c1-6(5-11)12-8(13)7(2)10(3,4)9(12)14/h7H,1H2,2-4H3. The number of imide groups is 1. The Bertz CT molecular complexity index is 363. The Kier molecular flexibility index (Phi) is 2.20. The minimum atomic E-state index is -0.739. The van der Waals surface area contributed by atoms with E-state index in [0.29, 0.717) is 0 Å². The highest BCUT2D eigenvalue weighted by Gasteiger charge is 2.52. The van der Waals surface area contributed by atoms with Gasteiger partial charge in [-0.15, -0.1) is 0 Å². The molecule has 1 fully saturated rings. The highest BCUT2D eigenvalue weighted by molar-refractivity contribution is 6.08. The number of carbonyl (C=O) groups is 2. The fraction of sp³-hybridized carbons (Fsp3) is 0.500. The highest BCUT2D eigenvalue weighted by atomic mass is 16.2. The maximum absolute atomic E-state index is 11.7. The molecule has 1 heterocycles. The zero-order chi connectivity index (χ0) is 11.1. The molecule has 0 radical (unpaired) electrons. The minimum absolute atomic E-state index is 0.0996. The summed E-state index contributed by atoms with van der Waals surface area (Å²) in [7, 11) is 0. The van der Waals surface area contributed by atoms with Crippen molar-refractivity contribution in [2.45, 2.75) is 20.8 Å². The third-order valence-corrected chi connectivity index (χ3v) is 2.83. The molecule has 0 aromatic heterocycles. The Morgan fingerprint density at radius 2 is 2.07 bits per heavy atom. The lowest BCUT2D eigenvalue weighted by Crippen LogP contribution is -2.31. The number of carbonyl (C=O) groups excluding carboxylic acids is 2. The molecule has 1 atom stereocenters. The largest absolute Gasteiger partial charge is 0.274 e. The first-order chi connectivity index (χ1) is 6.34. The van der Waals surface area contributed by atoms with E-state index in [2.05, 4.69) is 6.58 Å². The molecule has 0 aliphatic carbocycles. The topological polar surface area (TPSA) is 61.2 Å². The lowest BCUT2D eigenvalue weighted by atomic mass is 9.82. The molecule has 4 heteroatoms. The number of allylic oxidation sites excluding steroid dienone is 1. The van der Waals surface area contributed by atoms with Crippen LogP contribution in [0.2, 0.25) is 0 Å². The minimum Gasteiger partial charge on any atom is -0.274 e. The second-order valence-corrected chi connectivity index (χ2v) is 3.98. The smallest absolute Gasteiger partial charge is 0.240 e. The van der Waals surface area contributed by atoms with Crippen molar-refractivity contribution < 1.29 is 9.59 Å². The number of hydrogen-bond acceptors (Lipinski definition) is 3. The summed E-state index contributed by atoms with van der Waals surface area (Å²) in [4.78, 5) is 24.2. The Labute approximate surface area is 82.8 Å². The van der Waals surface area contributed by atoms with Crippen molar-refractivity contribution in [2.75, 3.05) is 0 Å². The van der Waals surface area contributed by atoms with Crippen molar-refractivity contribution in [3.8, 4) is 6.07 Å². The van der Waals surface area contributed by atoms with Gasteiger partial charge in [0.25, 0.3) is 0 Å². The van der Waals surface area contributed by atoms with Gasteiger partial charge in [-0.1, -0.05) is 27.4 Å². The number of nitriles is 1. The van der Waals surface area contributed by atoms with Crippen LogP contribution in [0, 0.1) is 22.7 Å². The van der Waals surface area contributed by atoms with Crippen LogP contribution in [0.5, 0.6) is 0 Å². The SMILES string of the molecule is C=C(C#N)N1C(=O)C(C)C(C)(C)C1=O. The first-order valence-electron chi connectivity index (χ1n) is 4.31. The second kappa shape index (κ2) is 2.95. The molecule has 2 amide bonds. The third kappa shape index (κ3) is 1.13. The summed E-state index contributed by atoms with van der Waals surface area (Å²) >= 11 is 0.